The van der Waals surface area contributed by atoms with Gasteiger partial charge >= 0.3 is 0 Å². The lowest BCUT2D eigenvalue weighted by molar-refractivity contribution is 0.446. The molecule has 1 fully saturated rings. The summed E-state index contributed by atoms with van der Waals surface area (Å²) in [6.45, 7) is 5.80. The molecule has 0 radical (unpaired) electrons. The van der Waals surface area contributed by atoms with Crippen molar-refractivity contribution in [1.82, 2.24) is 29.9 Å². The van der Waals surface area contributed by atoms with Gasteiger partial charge in [-0.1, -0.05) is 6.07 Å². The van der Waals surface area contributed by atoms with Crippen LogP contribution in [0.4, 0.5) is 11.6 Å². The number of aromatic amines is 1. The van der Waals surface area contributed by atoms with E-state index in [1.807, 2.05) is 42.6 Å². The summed E-state index contributed by atoms with van der Waals surface area (Å²) in [7, 11) is 0. The molecule has 0 unspecified atom stereocenters. The summed E-state index contributed by atoms with van der Waals surface area (Å²) in [5.74, 6) is 0.848. The first-order valence-corrected chi connectivity index (χ1v) is 9.93. The molecule has 1 saturated heterocycles. The number of rotatable bonds is 3. The minimum Gasteiger partial charge on any atom is -0.323 e. The van der Waals surface area contributed by atoms with Crippen LogP contribution in [0, 0.1) is 13.8 Å². The fraction of sp³-hybridized carbons (Fsp3) is 0.333. The summed E-state index contributed by atoms with van der Waals surface area (Å²) in [6.07, 6.45) is 1.99. The highest BCUT2D eigenvalue weighted by Gasteiger charge is 2.21. The first kappa shape index (κ1) is 17.8. The van der Waals surface area contributed by atoms with E-state index >= 15 is 0 Å². The van der Waals surface area contributed by atoms with Gasteiger partial charge in [0.2, 0.25) is 5.95 Å². The molecule has 0 atom stereocenters. The number of H-pyrrole nitrogens is 1. The summed E-state index contributed by atoms with van der Waals surface area (Å²) < 4.78 is 1.90. The van der Waals surface area contributed by atoms with Gasteiger partial charge in [0.25, 0.3) is 5.56 Å². The van der Waals surface area contributed by atoms with Crippen LogP contribution in [-0.4, -0.2) is 37.7 Å². The highest BCUT2D eigenvalue weighted by atomic mass is 16.1. The Labute approximate surface area is 167 Å². The van der Waals surface area contributed by atoms with E-state index in [1.165, 1.54) is 0 Å². The predicted octanol–water partition coefficient (Wildman–Crippen LogP) is 2.79. The fourth-order valence-electron chi connectivity index (χ4n) is 4.20. The fourth-order valence-corrected chi connectivity index (χ4v) is 4.20. The molecule has 0 spiro atoms. The van der Waals surface area contributed by atoms with Gasteiger partial charge in [-0.15, -0.1) is 0 Å². The largest absolute Gasteiger partial charge is 0.323 e. The van der Waals surface area contributed by atoms with Gasteiger partial charge in [-0.2, -0.15) is 5.10 Å². The van der Waals surface area contributed by atoms with Crippen LogP contribution in [0.3, 0.4) is 0 Å². The second-order valence-electron chi connectivity index (χ2n) is 7.64. The van der Waals surface area contributed by atoms with Gasteiger partial charge in [0.1, 0.15) is 5.65 Å². The van der Waals surface area contributed by atoms with Gasteiger partial charge in [-0.25, -0.2) is 14.5 Å². The number of nitrogens with one attached hydrogen (secondary N) is 3. The number of hydrogen-bond donors (Lipinski definition) is 3. The molecule has 8 nitrogen and oxygen atoms in total. The number of piperidine rings is 1. The third-order valence-electron chi connectivity index (χ3n) is 5.45. The van der Waals surface area contributed by atoms with Crippen molar-refractivity contribution in [3.8, 4) is 0 Å². The average Bonchev–Trinajstić information content (AvgIpc) is 3.06. The van der Waals surface area contributed by atoms with Crippen molar-refractivity contribution < 1.29 is 0 Å². The number of aromatic nitrogens is 5. The molecule has 29 heavy (non-hydrogen) atoms. The minimum atomic E-state index is -0.106. The number of fused-ring (bicyclic) bond motifs is 3. The molecule has 0 amide bonds. The highest BCUT2D eigenvalue weighted by Crippen LogP contribution is 2.31. The van der Waals surface area contributed by atoms with Gasteiger partial charge in [-0.3, -0.25) is 4.79 Å². The van der Waals surface area contributed by atoms with Gasteiger partial charge in [0.15, 0.2) is 0 Å². The zero-order valence-electron chi connectivity index (χ0n) is 16.5. The lowest BCUT2D eigenvalue weighted by atomic mass is 9.94. The van der Waals surface area contributed by atoms with Crippen LogP contribution in [0.15, 0.2) is 35.1 Å². The Kier molecular flexibility index (Phi) is 4.28. The second-order valence-corrected chi connectivity index (χ2v) is 7.64. The molecule has 1 aliphatic rings. The van der Waals surface area contributed by atoms with E-state index in [2.05, 4.69) is 25.6 Å². The van der Waals surface area contributed by atoms with Gasteiger partial charge in [0, 0.05) is 23.4 Å². The van der Waals surface area contributed by atoms with Gasteiger partial charge in [0.05, 0.1) is 22.3 Å². The van der Waals surface area contributed by atoms with E-state index in [0.29, 0.717) is 17.5 Å². The molecule has 1 aromatic carbocycles. The van der Waals surface area contributed by atoms with E-state index in [0.717, 1.165) is 59.6 Å². The minimum absolute atomic E-state index is 0.106. The maximum atomic E-state index is 12.5. The normalized spacial score (nSPS) is 15.2. The molecule has 1 aliphatic heterocycles. The molecular formula is C21H23N7O. The van der Waals surface area contributed by atoms with Crippen LogP contribution in [0.5, 0.6) is 0 Å². The Bertz CT molecular complexity index is 1250. The van der Waals surface area contributed by atoms with Crippen LogP contribution in [0.1, 0.15) is 35.8 Å². The Morgan fingerprint density at radius 3 is 2.62 bits per heavy atom. The van der Waals surface area contributed by atoms with Gasteiger partial charge < -0.3 is 15.6 Å². The smallest absolute Gasteiger partial charge is 0.251 e. The number of aryl methyl sites for hydroxylation is 2. The van der Waals surface area contributed by atoms with Crippen LogP contribution in [-0.2, 0) is 0 Å². The molecular weight excluding hydrogens is 366 g/mol. The third-order valence-corrected chi connectivity index (χ3v) is 5.45. The molecule has 4 aromatic rings. The van der Waals surface area contributed by atoms with Crippen molar-refractivity contribution in [3.63, 3.8) is 0 Å². The summed E-state index contributed by atoms with van der Waals surface area (Å²) in [5.41, 5.74) is 4.99. The molecule has 0 saturated carbocycles. The molecule has 8 heteroatoms. The lowest BCUT2D eigenvalue weighted by Crippen LogP contribution is -2.28. The van der Waals surface area contributed by atoms with Crippen molar-refractivity contribution in [3.05, 3.63) is 57.8 Å². The van der Waals surface area contributed by atoms with Crippen molar-refractivity contribution in [2.75, 3.05) is 18.4 Å². The summed E-state index contributed by atoms with van der Waals surface area (Å²) in [5, 5.41) is 12.4. The van der Waals surface area contributed by atoms with Crippen LogP contribution >= 0.6 is 0 Å². The zero-order valence-corrected chi connectivity index (χ0v) is 16.5. The maximum absolute atomic E-state index is 12.5. The van der Waals surface area contributed by atoms with Crippen molar-refractivity contribution >= 4 is 28.2 Å². The van der Waals surface area contributed by atoms with Crippen LogP contribution in [0.2, 0.25) is 0 Å². The first-order valence-electron chi connectivity index (χ1n) is 9.93. The van der Waals surface area contributed by atoms with E-state index in [4.69, 9.17) is 5.10 Å². The van der Waals surface area contributed by atoms with E-state index in [-0.39, 0.29) is 5.56 Å². The maximum Gasteiger partial charge on any atom is 0.251 e. The lowest BCUT2D eigenvalue weighted by Gasteiger charge is -2.23. The highest BCUT2D eigenvalue weighted by molar-refractivity contribution is 6.02. The van der Waals surface area contributed by atoms with E-state index in [1.54, 1.807) is 6.07 Å². The number of nitrogens with zero attached hydrogens (tertiary/aromatic N) is 4. The van der Waals surface area contributed by atoms with E-state index in [9.17, 15) is 4.79 Å². The first-order chi connectivity index (χ1) is 14.1. The van der Waals surface area contributed by atoms with E-state index < -0.39 is 0 Å². The summed E-state index contributed by atoms with van der Waals surface area (Å²) in [4.78, 5) is 24.4. The molecule has 3 aromatic heterocycles. The van der Waals surface area contributed by atoms with Gasteiger partial charge in [-0.05, 0) is 58.0 Å². The number of anilines is 2. The average molecular weight is 389 g/mol. The molecule has 148 valence electrons. The summed E-state index contributed by atoms with van der Waals surface area (Å²) >= 11 is 0. The zero-order chi connectivity index (χ0) is 20.0. The monoisotopic (exact) mass is 389 g/mol. The second kappa shape index (κ2) is 6.97. The molecule has 5 rings (SSSR count). The van der Waals surface area contributed by atoms with Crippen molar-refractivity contribution in [2.45, 2.75) is 32.6 Å². The SMILES string of the molecule is Cc1cc(C)nc(Nc2cccc3nn4c(C5CCNCC5)cc(=O)[nH]c4c23)n1. The predicted molar refractivity (Wildman–Crippen MR) is 113 cm³/mol. The molecule has 4 heterocycles. The standard InChI is InChI=1S/C21H23N7O/c1-12-10-13(2)24-21(23-12)25-15-4-3-5-16-19(15)20-26-18(29)11-17(28(20)27-16)14-6-8-22-9-7-14/h3-5,10-11,14,22H,6-9H2,1-2H3,(H,26,29)(H,23,24,25). The topological polar surface area (TPSA) is 100 Å². The quantitative estimate of drug-likeness (QED) is 0.498. The van der Waals surface area contributed by atoms with Crippen molar-refractivity contribution in [1.29, 1.82) is 0 Å². The molecule has 0 aliphatic carbocycles. The Balaban J connectivity index is 1.69. The van der Waals surface area contributed by atoms with Crippen molar-refractivity contribution in [2.24, 2.45) is 0 Å². The molecule has 3 N–H and O–H groups in total. The Morgan fingerprint density at radius 2 is 1.86 bits per heavy atom. The Hall–Kier alpha value is -3.26. The number of hydrogen-bond acceptors (Lipinski definition) is 6. The van der Waals surface area contributed by atoms with Crippen LogP contribution < -0.4 is 16.2 Å². The number of benzene rings is 1. The summed E-state index contributed by atoms with van der Waals surface area (Å²) in [6, 6.07) is 9.49. The van der Waals surface area contributed by atoms with Crippen LogP contribution in [0.25, 0.3) is 16.6 Å². The Morgan fingerprint density at radius 1 is 1.10 bits per heavy atom. The molecule has 0 bridgehead atoms. The third kappa shape index (κ3) is 3.25.